The number of hydrogen-bond donors (Lipinski definition) is 1. The Morgan fingerprint density at radius 2 is 1.79 bits per heavy atom. The summed E-state index contributed by atoms with van der Waals surface area (Å²) in [5.74, 6) is -1.25. The number of hydrogen-bond acceptors (Lipinski definition) is 5. The Bertz CT molecular complexity index is 384. The third-order valence-corrected chi connectivity index (χ3v) is 4.88. The van der Waals surface area contributed by atoms with E-state index in [0.717, 1.165) is 0 Å². The van der Waals surface area contributed by atoms with Gasteiger partial charge >= 0.3 is 5.97 Å². The first-order valence-electron chi connectivity index (χ1n) is 6.70. The predicted molar refractivity (Wildman–Crippen MR) is 76.8 cm³/mol. The van der Waals surface area contributed by atoms with Crippen LogP contribution in [0, 0.1) is 0 Å². The molecule has 0 fully saturated rings. The molecule has 0 rings (SSSR count). The molecule has 1 N–H and O–H groups in total. The van der Waals surface area contributed by atoms with E-state index in [1.807, 2.05) is 13.8 Å². The van der Waals surface area contributed by atoms with Gasteiger partial charge in [-0.3, -0.25) is 4.79 Å². The minimum atomic E-state index is -3.50. The topological polar surface area (TPSA) is 72.5 Å². The second kappa shape index (κ2) is 7.24. The summed E-state index contributed by atoms with van der Waals surface area (Å²) in [6.07, 6.45) is 0.697. The smallest absolute Gasteiger partial charge is 0.321 e. The molecule has 19 heavy (non-hydrogen) atoms. The summed E-state index contributed by atoms with van der Waals surface area (Å²) in [5, 5.41) is 2.52. The van der Waals surface area contributed by atoms with Crippen molar-refractivity contribution in [3.8, 4) is 0 Å². The van der Waals surface area contributed by atoms with Crippen molar-refractivity contribution in [2.45, 2.75) is 64.9 Å². The Morgan fingerprint density at radius 1 is 1.26 bits per heavy atom. The van der Waals surface area contributed by atoms with Gasteiger partial charge < -0.3 is 10.1 Å². The van der Waals surface area contributed by atoms with Crippen molar-refractivity contribution in [2.24, 2.45) is 0 Å². The second-order valence-corrected chi connectivity index (χ2v) is 8.03. The standard InChI is InChI=1S/C13H27NO4S/c1-7-11(14-8-2)10(3)19(16,17)9-12(15)18-13(4,5)6/h10-11,14H,7-9H2,1-6H3. The number of carbonyl (C=O) groups is 1. The highest BCUT2D eigenvalue weighted by Crippen LogP contribution is 2.13. The molecule has 5 nitrogen and oxygen atoms in total. The molecule has 0 aliphatic heterocycles. The fourth-order valence-corrected chi connectivity index (χ4v) is 3.26. The fourth-order valence-electron chi connectivity index (χ4n) is 1.82. The molecule has 0 spiro atoms. The predicted octanol–water partition coefficient (Wildman–Crippen LogP) is 1.52. The molecular weight excluding hydrogens is 266 g/mol. The summed E-state index contributed by atoms with van der Waals surface area (Å²) in [5.41, 5.74) is -0.665. The van der Waals surface area contributed by atoms with Crippen molar-refractivity contribution in [1.82, 2.24) is 5.32 Å². The molecule has 0 amide bonds. The first kappa shape index (κ1) is 18.4. The van der Waals surface area contributed by atoms with Crippen LogP contribution in [0.25, 0.3) is 0 Å². The first-order valence-corrected chi connectivity index (χ1v) is 8.41. The van der Waals surface area contributed by atoms with Crippen LogP contribution in [0.2, 0.25) is 0 Å². The van der Waals surface area contributed by atoms with E-state index in [-0.39, 0.29) is 6.04 Å². The fraction of sp³-hybridized carbons (Fsp3) is 0.923. The highest BCUT2D eigenvalue weighted by atomic mass is 32.2. The lowest BCUT2D eigenvalue weighted by molar-refractivity contribution is -0.151. The van der Waals surface area contributed by atoms with Gasteiger partial charge in [0.05, 0.1) is 5.25 Å². The molecule has 0 aliphatic carbocycles. The Balaban J connectivity index is 4.74. The minimum Gasteiger partial charge on any atom is -0.459 e. The number of carbonyl (C=O) groups excluding carboxylic acids is 1. The summed E-state index contributed by atoms with van der Waals surface area (Å²) < 4.78 is 29.4. The summed E-state index contributed by atoms with van der Waals surface area (Å²) in [6.45, 7) is 11.3. The summed E-state index contributed by atoms with van der Waals surface area (Å²) in [6, 6.07) is -0.141. The number of sulfone groups is 1. The van der Waals surface area contributed by atoms with Crippen LogP contribution in [0.3, 0.4) is 0 Å². The Kier molecular flexibility index (Phi) is 7.00. The van der Waals surface area contributed by atoms with Crippen LogP contribution in [0.15, 0.2) is 0 Å². The van der Waals surface area contributed by atoms with E-state index in [1.165, 1.54) is 0 Å². The van der Waals surface area contributed by atoms with E-state index in [1.54, 1.807) is 27.7 Å². The van der Waals surface area contributed by atoms with Crippen LogP contribution in [0.1, 0.15) is 48.0 Å². The van der Waals surface area contributed by atoms with Crippen LogP contribution < -0.4 is 5.32 Å². The zero-order valence-corrected chi connectivity index (χ0v) is 13.6. The molecule has 0 radical (unpaired) electrons. The average molecular weight is 293 g/mol. The largest absolute Gasteiger partial charge is 0.459 e. The van der Waals surface area contributed by atoms with Gasteiger partial charge in [-0.15, -0.1) is 0 Å². The van der Waals surface area contributed by atoms with Crippen LogP contribution in [-0.4, -0.2) is 43.6 Å². The van der Waals surface area contributed by atoms with Crippen LogP contribution in [0.4, 0.5) is 0 Å². The Morgan fingerprint density at radius 3 is 2.16 bits per heavy atom. The molecule has 0 bridgehead atoms. The van der Waals surface area contributed by atoms with Crippen molar-refractivity contribution in [1.29, 1.82) is 0 Å². The maximum absolute atomic E-state index is 12.2. The van der Waals surface area contributed by atoms with Gasteiger partial charge in [0.25, 0.3) is 0 Å². The average Bonchev–Trinajstić information content (AvgIpc) is 2.21. The molecule has 114 valence electrons. The molecule has 0 heterocycles. The lowest BCUT2D eigenvalue weighted by Crippen LogP contribution is -2.44. The molecule has 2 unspecified atom stereocenters. The van der Waals surface area contributed by atoms with Crippen molar-refractivity contribution >= 4 is 15.8 Å². The molecule has 0 saturated heterocycles. The molecule has 0 aromatic rings. The second-order valence-electron chi connectivity index (χ2n) is 5.67. The third-order valence-electron chi connectivity index (χ3n) is 2.78. The first-order chi connectivity index (χ1) is 8.53. The molecular formula is C13H27NO4S. The molecule has 0 aromatic carbocycles. The van der Waals surface area contributed by atoms with E-state index in [2.05, 4.69) is 5.32 Å². The van der Waals surface area contributed by atoms with E-state index in [0.29, 0.717) is 13.0 Å². The number of esters is 1. The summed E-state index contributed by atoms with van der Waals surface area (Å²) in [4.78, 5) is 11.6. The van der Waals surface area contributed by atoms with Gasteiger partial charge in [-0.25, -0.2) is 8.42 Å². The normalized spacial score (nSPS) is 15.9. The highest BCUT2D eigenvalue weighted by molar-refractivity contribution is 7.92. The number of nitrogens with one attached hydrogen (secondary N) is 1. The Labute approximate surface area is 117 Å². The molecule has 6 heteroatoms. The van der Waals surface area contributed by atoms with Crippen LogP contribution in [0.5, 0.6) is 0 Å². The van der Waals surface area contributed by atoms with Crippen molar-refractivity contribution < 1.29 is 17.9 Å². The third kappa shape index (κ3) is 6.92. The van der Waals surface area contributed by atoms with Crippen molar-refractivity contribution in [2.75, 3.05) is 12.3 Å². The van der Waals surface area contributed by atoms with E-state index < -0.39 is 32.4 Å². The molecule has 0 aliphatic rings. The quantitative estimate of drug-likeness (QED) is 0.721. The van der Waals surface area contributed by atoms with Crippen LogP contribution >= 0.6 is 0 Å². The summed E-state index contributed by atoms with van der Waals surface area (Å²) in [7, 11) is -3.50. The minimum absolute atomic E-state index is 0.141. The van der Waals surface area contributed by atoms with Crippen LogP contribution in [-0.2, 0) is 19.4 Å². The lowest BCUT2D eigenvalue weighted by atomic mass is 10.2. The maximum Gasteiger partial charge on any atom is 0.321 e. The van der Waals surface area contributed by atoms with Gasteiger partial charge in [0.1, 0.15) is 11.4 Å². The highest BCUT2D eigenvalue weighted by Gasteiger charge is 2.31. The summed E-state index contributed by atoms with van der Waals surface area (Å²) >= 11 is 0. The van der Waals surface area contributed by atoms with Gasteiger partial charge in [-0.2, -0.15) is 0 Å². The van der Waals surface area contributed by atoms with Gasteiger partial charge in [0, 0.05) is 6.04 Å². The Hall–Kier alpha value is -0.620. The van der Waals surface area contributed by atoms with Crippen molar-refractivity contribution in [3.05, 3.63) is 0 Å². The number of ether oxygens (including phenoxy) is 1. The van der Waals surface area contributed by atoms with Gasteiger partial charge in [-0.05, 0) is 40.7 Å². The zero-order valence-electron chi connectivity index (χ0n) is 12.8. The number of rotatable bonds is 7. The van der Waals surface area contributed by atoms with E-state index in [4.69, 9.17) is 4.74 Å². The SMILES string of the molecule is CCNC(CC)C(C)S(=O)(=O)CC(=O)OC(C)(C)C. The maximum atomic E-state index is 12.2. The monoisotopic (exact) mass is 293 g/mol. The van der Waals surface area contributed by atoms with Gasteiger partial charge in [0.2, 0.25) is 0 Å². The molecule has 0 aromatic heterocycles. The van der Waals surface area contributed by atoms with E-state index in [9.17, 15) is 13.2 Å². The van der Waals surface area contributed by atoms with Gasteiger partial charge in [0.15, 0.2) is 9.84 Å². The molecule has 0 saturated carbocycles. The van der Waals surface area contributed by atoms with Crippen molar-refractivity contribution in [3.63, 3.8) is 0 Å². The molecule has 2 atom stereocenters. The van der Waals surface area contributed by atoms with Gasteiger partial charge in [-0.1, -0.05) is 13.8 Å². The van der Waals surface area contributed by atoms with E-state index >= 15 is 0 Å². The zero-order chi connectivity index (χ0) is 15.3. The lowest BCUT2D eigenvalue weighted by Gasteiger charge is -2.24.